The zero-order valence-electron chi connectivity index (χ0n) is 14.3. The number of halogens is 1. The molecule has 144 valence electrons. The van der Waals surface area contributed by atoms with Crippen LogP contribution >= 0.6 is 0 Å². The number of pyridine rings is 2. The van der Waals surface area contributed by atoms with Gasteiger partial charge in [-0.3, -0.25) is 19.2 Å². The van der Waals surface area contributed by atoms with E-state index in [9.17, 15) is 19.1 Å². The maximum atomic E-state index is 14.0. The molecule has 2 aromatic heterocycles. The first-order valence-corrected chi connectivity index (χ1v) is 8.66. The fourth-order valence-corrected chi connectivity index (χ4v) is 3.85. The Bertz CT molecular complexity index is 949. The average Bonchev–Trinajstić information content (AvgIpc) is 2.62. The maximum Gasteiger partial charge on any atom is 0.404 e. The van der Waals surface area contributed by atoms with E-state index in [1.54, 1.807) is 0 Å². The van der Waals surface area contributed by atoms with Gasteiger partial charge in [-0.15, -0.1) is 0 Å². The summed E-state index contributed by atoms with van der Waals surface area (Å²) in [7, 11) is 0. The fourth-order valence-electron chi connectivity index (χ4n) is 3.85. The van der Waals surface area contributed by atoms with Crippen LogP contribution in [0.4, 0.5) is 9.18 Å². The van der Waals surface area contributed by atoms with Crippen molar-refractivity contribution in [1.82, 2.24) is 19.8 Å². The van der Waals surface area contributed by atoms with Gasteiger partial charge < -0.3 is 20.3 Å². The lowest BCUT2D eigenvalue weighted by atomic mass is 10.0. The molecule has 10 heteroatoms. The molecule has 4 heterocycles. The molecule has 0 bridgehead atoms. The lowest BCUT2D eigenvalue weighted by molar-refractivity contribution is 0.0305. The zero-order chi connectivity index (χ0) is 19.1. The zero-order valence-corrected chi connectivity index (χ0v) is 14.3. The van der Waals surface area contributed by atoms with Gasteiger partial charge in [-0.2, -0.15) is 0 Å². The van der Waals surface area contributed by atoms with Crippen LogP contribution < -0.4 is 15.6 Å². The van der Waals surface area contributed by atoms with Crippen molar-refractivity contribution in [2.75, 3.05) is 26.2 Å². The smallest absolute Gasteiger partial charge is 0.404 e. The van der Waals surface area contributed by atoms with Crippen molar-refractivity contribution < 1.29 is 24.1 Å². The van der Waals surface area contributed by atoms with Crippen molar-refractivity contribution in [2.45, 2.75) is 24.6 Å². The summed E-state index contributed by atoms with van der Waals surface area (Å²) in [5, 5.41) is 21.3. The number of hydrogen-bond acceptors (Lipinski definition) is 6. The topological polar surface area (TPSA) is 117 Å². The third kappa shape index (κ3) is 3.21. The van der Waals surface area contributed by atoms with Crippen LogP contribution in [0.2, 0.25) is 0 Å². The normalized spacial score (nSPS) is 25.2. The standard InChI is InChI=1S/C17H19FN4O5/c18-10-5-19-12-1-2-14(24)22-9(8-27-16(10)15(12)22)6-21-4-3-11(13(23)7-21)20-17(25)26/h1-2,5,9,11,13,20,23H,3-4,6-8H2,(H,25,26)/t9-,11-,13+/m1/s1. The van der Waals surface area contributed by atoms with Gasteiger partial charge in [0, 0.05) is 25.7 Å². The SMILES string of the molecule is O=C(O)N[C@@H]1CCN(C[C@@H]2COc3c(F)cnc4ccc(=O)n2c34)C[C@@H]1O. The summed E-state index contributed by atoms with van der Waals surface area (Å²) < 4.78 is 21.1. The molecule has 2 aliphatic heterocycles. The Balaban J connectivity index is 1.58. The first-order valence-electron chi connectivity index (χ1n) is 8.66. The third-order valence-electron chi connectivity index (χ3n) is 5.08. The van der Waals surface area contributed by atoms with E-state index in [-0.39, 0.29) is 30.5 Å². The van der Waals surface area contributed by atoms with Gasteiger partial charge in [0.05, 0.1) is 29.9 Å². The van der Waals surface area contributed by atoms with Crippen LogP contribution in [-0.4, -0.2) is 69.1 Å². The summed E-state index contributed by atoms with van der Waals surface area (Å²) in [5.74, 6) is -0.588. The second-order valence-electron chi connectivity index (χ2n) is 6.85. The Hall–Kier alpha value is -2.72. The van der Waals surface area contributed by atoms with Crippen molar-refractivity contribution in [2.24, 2.45) is 0 Å². The Labute approximate surface area is 153 Å². The molecule has 4 rings (SSSR count). The number of aliphatic hydroxyl groups is 1. The fraction of sp³-hybridized carbons (Fsp3) is 0.471. The van der Waals surface area contributed by atoms with E-state index in [2.05, 4.69) is 10.3 Å². The molecule has 0 aromatic carbocycles. The van der Waals surface area contributed by atoms with E-state index in [1.165, 1.54) is 16.7 Å². The number of nitrogens with one attached hydrogen (secondary N) is 1. The minimum absolute atomic E-state index is 0.0263. The number of rotatable bonds is 3. The molecular formula is C17H19FN4O5. The van der Waals surface area contributed by atoms with Gasteiger partial charge in [0.25, 0.3) is 5.56 Å². The number of carboxylic acid groups (broad SMARTS) is 1. The van der Waals surface area contributed by atoms with Crippen molar-refractivity contribution in [3.05, 3.63) is 34.5 Å². The molecule has 0 aliphatic carbocycles. The summed E-state index contributed by atoms with van der Waals surface area (Å²) in [6.45, 7) is 1.35. The van der Waals surface area contributed by atoms with Crippen LogP contribution in [0.1, 0.15) is 12.5 Å². The molecule has 0 unspecified atom stereocenters. The van der Waals surface area contributed by atoms with Crippen molar-refractivity contribution in [3.8, 4) is 5.75 Å². The van der Waals surface area contributed by atoms with Crippen molar-refractivity contribution in [3.63, 3.8) is 0 Å². The lowest BCUT2D eigenvalue weighted by Crippen LogP contribution is -2.55. The quantitative estimate of drug-likeness (QED) is 0.697. The predicted molar refractivity (Wildman–Crippen MR) is 92.5 cm³/mol. The Morgan fingerprint density at radius 2 is 2.26 bits per heavy atom. The third-order valence-corrected chi connectivity index (χ3v) is 5.08. The number of aliphatic hydroxyl groups excluding tert-OH is 1. The van der Waals surface area contributed by atoms with Crippen LogP contribution in [0.5, 0.6) is 5.75 Å². The molecule has 1 fully saturated rings. The average molecular weight is 378 g/mol. The minimum Gasteiger partial charge on any atom is -0.486 e. The predicted octanol–water partition coefficient (Wildman–Crippen LogP) is 0.172. The van der Waals surface area contributed by atoms with Gasteiger partial charge in [-0.1, -0.05) is 0 Å². The highest BCUT2D eigenvalue weighted by Crippen LogP contribution is 2.32. The highest BCUT2D eigenvalue weighted by Gasteiger charge is 2.33. The number of likely N-dealkylation sites (tertiary alicyclic amines) is 1. The van der Waals surface area contributed by atoms with E-state index in [4.69, 9.17) is 9.84 Å². The number of aromatic nitrogens is 2. The van der Waals surface area contributed by atoms with Crippen LogP contribution in [0, 0.1) is 5.82 Å². The van der Waals surface area contributed by atoms with Gasteiger partial charge in [0.1, 0.15) is 12.1 Å². The van der Waals surface area contributed by atoms with E-state index in [0.717, 1.165) is 6.20 Å². The lowest BCUT2D eigenvalue weighted by Gasteiger charge is -2.38. The first-order chi connectivity index (χ1) is 12.9. The number of piperidine rings is 1. The summed E-state index contributed by atoms with van der Waals surface area (Å²) in [4.78, 5) is 29.2. The number of carbonyl (C=O) groups is 1. The van der Waals surface area contributed by atoms with E-state index in [1.807, 2.05) is 4.90 Å². The van der Waals surface area contributed by atoms with Crippen molar-refractivity contribution in [1.29, 1.82) is 0 Å². The van der Waals surface area contributed by atoms with Gasteiger partial charge >= 0.3 is 6.09 Å². The molecule has 0 saturated carbocycles. The molecule has 0 radical (unpaired) electrons. The minimum atomic E-state index is -1.17. The highest BCUT2D eigenvalue weighted by molar-refractivity contribution is 5.82. The Morgan fingerprint density at radius 3 is 3.00 bits per heavy atom. The molecule has 1 amide bonds. The molecule has 2 aliphatic rings. The number of ether oxygens (including phenoxy) is 1. The molecule has 3 atom stereocenters. The second-order valence-corrected chi connectivity index (χ2v) is 6.85. The number of hydrogen-bond donors (Lipinski definition) is 3. The largest absolute Gasteiger partial charge is 0.486 e. The van der Waals surface area contributed by atoms with Crippen LogP contribution in [-0.2, 0) is 0 Å². The summed E-state index contributed by atoms with van der Waals surface area (Å²) in [6, 6.07) is 2.04. The Kier molecular flexibility index (Phi) is 4.44. The number of nitrogens with zero attached hydrogens (tertiary/aromatic N) is 3. The highest BCUT2D eigenvalue weighted by atomic mass is 19.1. The van der Waals surface area contributed by atoms with E-state index in [0.29, 0.717) is 30.5 Å². The van der Waals surface area contributed by atoms with Crippen LogP contribution in [0.3, 0.4) is 0 Å². The molecule has 0 spiro atoms. The maximum absolute atomic E-state index is 14.0. The van der Waals surface area contributed by atoms with E-state index < -0.39 is 24.1 Å². The molecule has 3 N–H and O–H groups in total. The van der Waals surface area contributed by atoms with Crippen LogP contribution in [0.25, 0.3) is 11.0 Å². The summed E-state index contributed by atoms with van der Waals surface area (Å²) >= 11 is 0. The van der Waals surface area contributed by atoms with Gasteiger partial charge in [0.15, 0.2) is 11.6 Å². The molecule has 2 aromatic rings. The molecular weight excluding hydrogens is 359 g/mol. The molecule has 27 heavy (non-hydrogen) atoms. The summed E-state index contributed by atoms with van der Waals surface area (Å²) in [6.07, 6.45) is -0.494. The second kappa shape index (κ2) is 6.78. The van der Waals surface area contributed by atoms with E-state index >= 15 is 0 Å². The van der Waals surface area contributed by atoms with Gasteiger partial charge in [-0.05, 0) is 12.5 Å². The van der Waals surface area contributed by atoms with Gasteiger partial charge in [0.2, 0.25) is 0 Å². The van der Waals surface area contributed by atoms with Crippen LogP contribution in [0.15, 0.2) is 23.1 Å². The number of amides is 1. The molecule has 9 nitrogen and oxygen atoms in total. The van der Waals surface area contributed by atoms with Crippen molar-refractivity contribution >= 4 is 17.1 Å². The first kappa shape index (κ1) is 17.7. The monoisotopic (exact) mass is 378 g/mol. The molecule has 1 saturated heterocycles. The summed E-state index contributed by atoms with van der Waals surface area (Å²) in [5.41, 5.74) is 0.536. The Morgan fingerprint density at radius 1 is 1.44 bits per heavy atom. The number of β-amino-alcohol motifs (C(OH)–C–C–N with tert-alkyl or cyclic N) is 1. The van der Waals surface area contributed by atoms with Gasteiger partial charge in [-0.25, -0.2) is 9.18 Å².